The lowest BCUT2D eigenvalue weighted by Crippen LogP contribution is -2.50. The van der Waals surface area contributed by atoms with E-state index >= 15 is 0 Å². The predicted molar refractivity (Wildman–Crippen MR) is 103 cm³/mol. The summed E-state index contributed by atoms with van der Waals surface area (Å²) in [5, 5.41) is 3.38. The van der Waals surface area contributed by atoms with E-state index in [9.17, 15) is 4.79 Å². The fourth-order valence-electron chi connectivity index (χ4n) is 3.96. The molecule has 0 radical (unpaired) electrons. The van der Waals surface area contributed by atoms with E-state index in [0.29, 0.717) is 18.4 Å². The first-order valence-electron chi connectivity index (χ1n) is 9.54. The monoisotopic (exact) mass is 364 g/mol. The average molecular weight is 365 g/mol. The van der Waals surface area contributed by atoms with Crippen molar-refractivity contribution in [3.8, 4) is 0 Å². The lowest BCUT2D eigenvalue weighted by Gasteiger charge is -2.36. The van der Waals surface area contributed by atoms with Gasteiger partial charge in [-0.2, -0.15) is 0 Å². The highest BCUT2D eigenvalue weighted by Crippen LogP contribution is 2.32. The molecule has 0 bridgehead atoms. The van der Waals surface area contributed by atoms with Gasteiger partial charge in [-0.05, 0) is 25.3 Å². The van der Waals surface area contributed by atoms with Crippen molar-refractivity contribution in [3.63, 3.8) is 0 Å². The van der Waals surface area contributed by atoms with Crippen LogP contribution in [0.4, 0.5) is 0 Å². The lowest BCUT2D eigenvalue weighted by atomic mass is 9.94. The van der Waals surface area contributed by atoms with Gasteiger partial charge < -0.3 is 10.6 Å². The van der Waals surface area contributed by atoms with Gasteiger partial charge in [0.25, 0.3) is 0 Å². The standard InChI is InChI=1S/C19H32N4OS/c1-19(2,3)18-21-15(13-25-18)12-22-7-9-23(10-8-22)17(24)16-6-4-5-14(16)11-20/h13-14,16H,4-12,20H2,1-3H3/t14-,16-/m1/s1. The number of amides is 1. The van der Waals surface area contributed by atoms with Crippen LogP contribution in [0, 0.1) is 11.8 Å². The number of aromatic nitrogens is 1. The maximum Gasteiger partial charge on any atom is 0.226 e. The van der Waals surface area contributed by atoms with Crippen molar-refractivity contribution in [2.75, 3.05) is 32.7 Å². The minimum absolute atomic E-state index is 0.120. The maximum absolute atomic E-state index is 12.8. The normalized spacial score (nSPS) is 25.5. The molecule has 1 saturated heterocycles. The minimum Gasteiger partial charge on any atom is -0.340 e. The largest absolute Gasteiger partial charge is 0.340 e. The Hall–Kier alpha value is -0.980. The summed E-state index contributed by atoms with van der Waals surface area (Å²) in [7, 11) is 0. The molecule has 140 valence electrons. The van der Waals surface area contributed by atoms with Crippen LogP contribution in [0.5, 0.6) is 0 Å². The fourth-order valence-corrected chi connectivity index (χ4v) is 4.86. The Bertz CT molecular complexity index is 586. The van der Waals surface area contributed by atoms with Crippen LogP contribution in [-0.4, -0.2) is 53.4 Å². The Kier molecular flexibility index (Phi) is 5.81. The molecule has 0 aromatic carbocycles. The van der Waals surface area contributed by atoms with Crippen LogP contribution in [0.1, 0.15) is 50.7 Å². The highest BCUT2D eigenvalue weighted by Gasteiger charge is 2.35. The molecule has 1 amide bonds. The van der Waals surface area contributed by atoms with E-state index < -0.39 is 0 Å². The average Bonchev–Trinajstić information content (AvgIpc) is 3.23. The molecule has 1 aliphatic heterocycles. The van der Waals surface area contributed by atoms with E-state index in [4.69, 9.17) is 10.7 Å². The van der Waals surface area contributed by atoms with Crippen LogP contribution in [0.15, 0.2) is 5.38 Å². The van der Waals surface area contributed by atoms with E-state index in [0.717, 1.165) is 57.7 Å². The van der Waals surface area contributed by atoms with Gasteiger partial charge >= 0.3 is 0 Å². The van der Waals surface area contributed by atoms with E-state index in [2.05, 4.69) is 36.0 Å². The van der Waals surface area contributed by atoms with Gasteiger partial charge in [0, 0.05) is 49.4 Å². The summed E-state index contributed by atoms with van der Waals surface area (Å²) in [5.74, 6) is 0.914. The number of carbonyl (C=O) groups is 1. The molecule has 1 aromatic heterocycles. The molecule has 1 aliphatic carbocycles. The molecule has 2 fully saturated rings. The van der Waals surface area contributed by atoms with Crippen LogP contribution in [-0.2, 0) is 16.8 Å². The number of rotatable bonds is 4. The second-order valence-corrected chi connectivity index (χ2v) is 9.39. The van der Waals surface area contributed by atoms with Gasteiger partial charge in [0.2, 0.25) is 5.91 Å². The summed E-state index contributed by atoms with van der Waals surface area (Å²) in [6, 6.07) is 0. The molecule has 0 spiro atoms. The van der Waals surface area contributed by atoms with Crippen LogP contribution in [0.2, 0.25) is 0 Å². The zero-order valence-corrected chi connectivity index (χ0v) is 16.6. The highest BCUT2D eigenvalue weighted by molar-refractivity contribution is 7.09. The van der Waals surface area contributed by atoms with E-state index in [1.807, 2.05) is 0 Å². The van der Waals surface area contributed by atoms with Crippen LogP contribution >= 0.6 is 11.3 Å². The first-order valence-corrected chi connectivity index (χ1v) is 10.4. The summed E-state index contributed by atoms with van der Waals surface area (Å²) in [6.45, 7) is 11.7. The van der Waals surface area contributed by atoms with Crippen LogP contribution < -0.4 is 5.73 Å². The number of hydrogen-bond donors (Lipinski definition) is 1. The fraction of sp³-hybridized carbons (Fsp3) is 0.789. The third kappa shape index (κ3) is 4.41. The molecule has 3 rings (SSSR count). The zero-order valence-electron chi connectivity index (χ0n) is 15.8. The molecular formula is C19H32N4OS. The second-order valence-electron chi connectivity index (χ2n) is 8.53. The molecule has 2 N–H and O–H groups in total. The molecule has 5 nitrogen and oxygen atoms in total. The second kappa shape index (κ2) is 7.72. The predicted octanol–water partition coefficient (Wildman–Crippen LogP) is 2.46. The Morgan fingerprint density at radius 2 is 2.00 bits per heavy atom. The van der Waals surface area contributed by atoms with Crippen molar-refractivity contribution in [1.29, 1.82) is 0 Å². The van der Waals surface area contributed by atoms with Gasteiger partial charge in [0.05, 0.1) is 10.7 Å². The van der Waals surface area contributed by atoms with Crippen molar-refractivity contribution in [2.24, 2.45) is 17.6 Å². The number of nitrogens with zero attached hydrogens (tertiary/aromatic N) is 3. The summed E-state index contributed by atoms with van der Waals surface area (Å²) < 4.78 is 0. The highest BCUT2D eigenvalue weighted by atomic mass is 32.1. The molecule has 1 aromatic rings. The Morgan fingerprint density at radius 1 is 1.28 bits per heavy atom. The molecule has 2 atom stereocenters. The number of thiazole rings is 1. The molecular weight excluding hydrogens is 332 g/mol. The van der Waals surface area contributed by atoms with Crippen molar-refractivity contribution in [1.82, 2.24) is 14.8 Å². The number of piperazine rings is 1. The van der Waals surface area contributed by atoms with Crippen molar-refractivity contribution in [3.05, 3.63) is 16.1 Å². The van der Waals surface area contributed by atoms with Gasteiger partial charge in [0.1, 0.15) is 0 Å². The zero-order chi connectivity index (χ0) is 18.0. The Labute approximate surface area is 155 Å². The van der Waals surface area contributed by atoms with Gasteiger partial charge in [0.15, 0.2) is 0 Å². The smallest absolute Gasteiger partial charge is 0.226 e. The topological polar surface area (TPSA) is 62.5 Å². The van der Waals surface area contributed by atoms with Crippen LogP contribution in [0.3, 0.4) is 0 Å². The van der Waals surface area contributed by atoms with Gasteiger partial charge in [-0.15, -0.1) is 11.3 Å². The summed E-state index contributed by atoms with van der Waals surface area (Å²) in [5.41, 5.74) is 7.13. The Balaban J connectivity index is 1.50. The minimum atomic E-state index is 0.120. The molecule has 25 heavy (non-hydrogen) atoms. The van der Waals surface area contributed by atoms with E-state index in [1.165, 1.54) is 5.01 Å². The first-order chi connectivity index (χ1) is 11.9. The Morgan fingerprint density at radius 3 is 2.60 bits per heavy atom. The molecule has 0 unspecified atom stereocenters. The quantitative estimate of drug-likeness (QED) is 0.891. The SMILES string of the molecule is CC(C)(C)c1nc(CN2CCN(C(=O)[C@@H]3CCC[C@@H]3CN)CC2)cs1. The molecule has 2 heterocycles. The van der Waals surface area contributed by atoms with Gasteiger partial charge in [-0.3, -0.25) is 9.69 Å². The number of carbonyl (C=O) groups excluding carboxylic acids is 1. The van der Waals surface area contributed by atoms with E-state index in [1.54, 1.807) is 11.3 Å². The maximum atomic E-state index is 12.8. The van der Waals surface area contributed by atoms with E-state index in [-0.39, 0.29) is 11.3 Å². The lowest BCUT2D eigenvalue weighted by molar-refractivity contribution is -0.138. The first kappa shape index (κ1) is 18.8. The van der Waals surface area contributed by atoms with Crippen molar-refractivity contribution >= 4 is 17.2 Å². The van der Waals surface area contributed by atoms with Crippen LogP contribution in [0.25, 0.3) is 0 Å². The van der Waals surface area contributed by atoms with Gasteiger partial charge in [-0.25, -0.2) is 4.98 Å². The number of nitrogens with two attached hydrogens (primary N) is 1. The number of hydrogen-bond acceptors (Lipinski definition) is 5. The third-order valence-electron chi connectivity index (χ3n) is 5.54. The summed E-state index contributed by atoms with van der Waals surface area (Å²) in [6.07, 6.45) is 3.29. The summed E-state index contributed by atoms with van der Waals surface area (Å²) >= 11 is 1.76. The molecule has 6 heteroatoms. The third-order valence-corrected chi connectivity index (χ3v) is 6.86. The van der Waals surface area contributed by atoms with Crippen molar-refractivity contribution in [2.45, 2.75) is 52.0 Å². The van der Waals surface area contributed by atoms with Gasteiger partial charge in [-0.1, -0.05) is 27.2 Å². The molecule has 2 aliphatic rings. The summed E-state index contributed by atoms with van der Waals surface area (Å²) in [4.78, 5) is 22.1. The molecule has 1 saturated carbocycles. The van der Waals surface area contributed by atoms with Crippen molar-refractivity contribution < 1.29 is 4.79 Å².